The van der Waals surface area contributed by atoms with E-state index in [9.17, 15) is 18.0 Å². The number of hydrogen-bond donors (Lipinski definition) is 2. The monoisotopic (exact) mass is 271 g/mol. The number of hydrogen-bond acceptors (Lipinski definition) is 2. The Morgan fingerprint density at radius 3 is 2.89 bits per heavy atom. The third-order valence-electron chi connectivity index (χ3n) is 2.74. The first-order valence-electron chi connectivity index (χ1n) is 5.66. The maximum absolute atomic E-state index is 12.1. The molecule has 7 heteroatoms. The minimum absolute atomic E-state index is 0.304. The van der Waals surface area contributed by atoms with E-state index in [4.69, 9.17) is 0 Å². The maximum atomic E-state index is 12.1. The fraction of sp³-hybridized carbons (Fsp3) is 0.333. The Morgan fingerprint density at radius 1 is 1.47 bits per heavy atom. The van der Waals surface area contributed by atoms with E-state index in [-0.39, 0.29) is 0 Å². The van der Waals surface area contributed by atoms with Crippen molar-refractivity contribution in [2.75, 3.05) is 0 Å². The molecule has 4 nitrogen and oxygen atoms in total. The number of alkyl halides is 3. The molecule has 0 aliphatic carbocycles. The van der Waals surface area contributed by atoms with Gasteiger partial charge in [-0.2, -0.15) is 18.3 Å². The molecule has 0 aliphatic heterocycles. The Labute approximate surface area is 107 Å². The average molecular weight is 271 g/mol. The van der Waals surface area contributed by atoms with Gasteiger partial charge in [0.1, 0.15) is 0 Å². The van der Waals surface area contributed by atoms with Gasteiger partial charge in [-0.25, -0.2) is 0 Å². The summed E-state index contributed by atoms with van der Waals surface area (Å²) in [4.78, 5) is 10.8. The summed E-state index contributed by atoms with van der Waals surface area (Å²) in [6, 6.07) is 4.79. The van der Waals surface area contributed by atoms with Crippen LogP contribution in [0.5, 0.6) is 0 Å². The predicted octanol–water partition coefficient (Wildman–Crippen LogP) is 2.17. The van der Waals surface area contributed by atoms with Gasteiger partial charge in [-0.3, -0.25) is 9.89 Å². The van der Waals surface area contributed by atoms with Crippen LogP contribution >= 0.6 is 0 Å². The smallest absolute Gasteiger partial charge is 0.345 e. The molecule has 1 aromatic heterocycles. The molecule has 1 heterocycles. The molecule has 2 aromatic rings. The number of carbonyl (C=O) groups is 1. The third-order valence-corrected chi connectivity index (χ3v) is 2.74. The molecule has 19 heavy (non-hydrogen) atoms. The number of aromatic amines is 1. The molecule has 0 saturated heterocycles. The van der Waals surface area contributed by atoms with Crippen LogP contribution in [0.4, 0.5) is 13.2 Å². The number of aromatic nitrogens is 2. The quantitative estimate of drug-likeness (QED) is 0.898. The SMILES string of the molecule is CC(Cc1cccc2[nH]ncc12)NC(=O)C(F)(F)F. The van der Waals surface area contributed by atoms with Crippen molar-refractivity contribution in [2.24, 2.45) is 0 Å². The fourth-order valence-electron chi connectivity index (χ4n) is 1.89. The van der Waals surface area contributed by atoms with Crippen LogP contribution in [0.3, 0.4) is 0 Å². The summed E-state index contributed by atoms with van der Waals surface area (Å²) in [6.45, 7) is 1.53. The number of fused-ring (bicyclic) bond motifs is 1. The first-order chi connectivity index (χ1) is 8.88. The minimum atomic E-state index is -4.85. The van der Waals surface area contributed by atoms with Gasteiger partial charge in [-0.15, -0.1) is 0 Å². The third kappa shape index (κ3) is 3.04. The van der Waals surface area contributed by atoms with Crippen molar-refractivity contribution in [2.45, 2.75) is 25.6 Å². The molecule has 0 aliphatic rings. The van der Waals surface area contributed by atoms with E-state index in [0.717, 1.165) is 16.5 Å². The minimum Gasteiger partial charge on any atom is -0.345 e. The topological polar surface area (TPSA) is 57.8 Å². The van der Waals surface area contributed by atoms with Crippen LogP contribution in [-0.2, 0) is 11.2 Å². The van der Waals surface area contributed by atoms with Gasteiger partial charge in [0, 0.05) is 11.4 Å². The van der Waals surface area contributed by atoms with Crippen molar-refractivity contribution in [3.05, 3.63) is 30.0 Å². The van der Waals surface area contributed by atoms with E-state index >= 15 is 0 Å². The molecule has 1 atom stereocenters. The highest BCUT2D eigenvalue weighted by Crippen LogP contribution is 2.19. The number of rotatable bonds is 3. The van der Waals surface area contributed by atoms with E-state index in [0.29, 0.717) is 6.42 Å². The summed E-state index contributed by atoms with van der Waals surface area (Å²) in [5.74, 6) is -1.92. The number of nitrogens with one attached hydrogen (secondary N) is 2. The van der Waals surface area contributed by atoms with Crippen molar-refractivity contribution in [1.29, 1.82) is 0 Å². The lowest BCUT2D eigenvalue weighted by molar-refractivity contribution is -0.174. The molecule has 0 spiro atoms. The van der Waals surface area contributed by atoms with Crippen molar-refractivity contribution < 1.29 is 18.0 Å². The Bertz CT molecular complexity index is 591. The van der Waals surface area contributed by atoms with E-state index in [1.54, 1.807) is 18.3 Å². The van der Waals surface area contributed by atoms with Crippen molar-refractivity contribution in [1.82, 2.24) is 15.5 Å². The molecule has 2 rings (SSSR count). The van der Waals surface area contributed by atoms with Crippen LogP contribution in [0.1, 0.15) is 12.5 Å². The number of H-pyrrole nitrogens is 1. The zero-order valence-corrected chi connectivity index (χ0v) is 10.1. The molecule has 0 bridgehead atoms. The summed E-state index contributed by atoms with van der Waals surface area (Å²) in [5.41, 5.74) is 1.65. The lowest BCUT2D eigenvalue weighted by Gasteiger charge is -2.15. The van der Waals surface area contributed by atoms with Crippen LogP contribution in [0.25, 0.3) is 10.9 Å². The fourth-order valence-corrected chi connectivity index (χ4v) is 1.89. The first kappa shape index (κ1) is 13.4. The summed E-state index contributed by atoms with van der Waals surface area (Å²) >= 11 is 0. The standard InChI is InChI=1S/C12H12F3N3O/c1-7(17-11(19)12(13,14)15)5-8-3-2-4-10-9(8)6-16-18-10/h2-4,6-7H,5H2,1H3,(H,16,18)(H,17,19). The van der Waals surface area contributed by atoms with Gasteiger partial charge in [0.25, 0.3) is 0 Å². The highest BCUT2D eigenvalue weighted by atomic mass is 19.4. The highest BCUT2D eigenvalue weighted by Gasteiger charge is 2.39. The average Bonchev–Trinajstić information content (AvgIpc) is 2.76. The van der Waals surface area contributed by atoms with Crippen molar-refractivity contribution >= 4 is 16.8 Å². The first-order valence-corrected chi connectivity index (χ1v) is 5.66. The summed E-state index contributed by atoms with van der Waals surface area (Å²) in [5, 5.41) is 9.43. The summed E-state index contributed by atoms with van der Waals surface area (Å²) in [7, 11) is 0. The van der Waals surface area contributed by atoms with Gasteiger partial charge < -0.3 is 5.32 Å². The van der Waals surface area contributed by atoms with E-state index in [1.807, 2.05) is 11.4 Å². The second kappa shape index (κ2) is 4.91. The second-order valence-electron chi connectivity index (χ2n) is 4.32. The van der Waals surface area contributed by atoms with E-state index < -0.39 is 18.1 Å². The number of halogens is 3. The van der Waals surface area contributed by atoms with Gasteiger partial charge in [0.2, 0.25) is 0 Å². The lowest BCUT2D eigenvalue weighted by atomic mass is 10.0. The zero-order valence-electron chi connectivity index (χ0n) is 10.1. The molecule has 102 valence electrons. The Kier molecular flexibility index (Phi) is 3.46. The van der Waals surface area contributed by atoms with Gasteiger partial charge in [0.15, 0.2) is 0 Å². The van der Waals surface area contributed by atoms with Gasteiger partial charge in [-0.1, -0.05) is 12.1 Å². The number of amides is 1. The Balaban J connectivity index is 2.09. The molecule has 1 aromatic carbocycles. The van der Waals surface area contributed by atoms with Crippen LogP contribution in [0.15, 0.2) is 24.4 Å². The van der Waals surface area contributed by atoms with Gasteiger partial charge in [-0.05, 0) is 25.0 Å². The Morgan fingerprint density at radius 2 is 2.21 bits per heavy atom. The van der Waals surface area contributed by atoms with E-state index in [2.05, 4.69) is 10.2 Å². The molecular weight excluding hydrogens is 259 g/mol. The number of carbonyl (C=O) groups excluding carboxylic acids is 1. The second-order valence-corrected chi connectivity index (χ2v) is 4.32. The number of nitrogens with zero attached hydrogens (tertiary/aromatic N) is 1. The molecule has 0 fully saturated rings. The number of benzene rings is 1. The molecule has 0 radical (unpaired) electrons. The largest absolute Gasteiger partial charge is 0.471 e. The maximum Gasteiger partial charge on any atom is 0.471 e. The molecule has 1 amide bonds. The van der Waals surface area contributed by atoms with Crippen LogP contribution < -0.4 is 5.32 Å². The summed E-state index contributed by atoms with van der Waals surface area (Å²) < 4.78 is 36.4. The van der Waals surface area contributed by atoms with Crippen LogP contribution in [-0.4, -0.2) is 28.3 Å². The molecule has 0 saturated carbocycles. The Hall–Kier alpha value is -2.05. The van der Waals surface area contributed by atoms with Crippen molar-refractivity contribution in [3.63, 3.8) is 0 Å². The van der Waals surface area contributed by atoms with E-state index in [1.165, 1.54) is 6.92 Å². The van der Waals surface area contributed by atoms with Crippen LogP contribution in [0.2, 0.25) is 0 Å². The summed E-state index contributed by atoms with van der Waals surface area (Å²) in [6.07, 6.45) is -2.93. The predicted molar refractivity (Wildman–Crippen MR) is 63.5 cm³/mol. The van der Waals surface area contributed by atoms with Crippen LogP contribution in [0, 0.1) is 0 Å². The zero-order chi connectivity index (χ0) is 14.0. The lowest BCUT2D eigenvalue weighted by Crippen LogP contribution is -2.42. The highest BCUT2D eigenvalue weighted by molar-refractivity contribution is 5.83. The van der Waals surface area contributed by atoms with Crippen molar-refractivity contribution in [3.8, 4) is 0 Å². The molecular formula is C12H12F3N3O. The normalized spacial score (nSPS) is 13.5. The van der Waals surface area contributed by atoms with Gasteiger partial charge in [0.05, 0.1) is 11.7 Å². The van der Waals surface area contributed by atoms with Gasteiger partial charge >= 0.3 is 12.1 Å². The molecule has 2 N–H and O–H groups in total. The molecule has 1 unspecified atom stereocenters.